The number of methoxy groups -OCH3 is 1. The molecule has 9 heteroatoms. The van der Waals surface area contributed by atoms with E-state index in [0.29, 0.717) is 22.1 Å². The van der Waals surface area contributed by atoms with E-state index >= 15 is 0 Å². The van der Waals surface area contributed by atoms with E-state index in [1.165, 1.54) is 7.11 Å². The smallest absolute Gasteiger partial charge is 0.270 e. The van der Waals surface area contributed by atoms with Crippen LogP contribution < -0.4 is 5.32 Å². The molecule has 0 radical (unpaired) electrons. The summed E-state index contributed by atoms with van der Waals surface area (Å²) >= 11 is 5.98. The van der Waals surface area contributed by atoms with Gasteiger partial charge in [-0.25, -0.2) is 13.4 Å². The van der Waals surface area contributed by atoms with Crippen LogP contribution in [0.1, 0.15) is 16.2 Å². The number of halogens is 1. The first kappa shape index (κ1) is 16.2. The molecule has 3 heterocycles. The standard InChI is InChI=1S/C14H16ClN3O4S/c1-8-13(18-5-9(15)3-4-12(18)16-8)14(19)17-10-6-23(20,21)7-11(10)22-2/h3-5,10-11H,6-7H2,1-2H3,(H,17,19)/t10-,11-/m1/s1. The Morgan fingerprint density at radius 3 is 2.87 bits per heavy atom. The number of sulfone groups is 1. The number of rotatable bonds is 3. The number of aromatic nitrogens is 2. The minimum Gasteiger partial charge on any atom is -0.378 e. The highest BCUT2D eigenvalue weighted by molar-refractivity contribution is 7.91. The van der Waals surface area contributed by atoms with Gasteiger partial charge in [-0.05, 0) is 19.1 Å². The van der Waals surface area contributed by atoms with Crippen LogP contribution in [0, 0.1) is 6.92 Å². The zero-order chi connectivity index (χ0) is 16.8. The number of ether oxygens (including phenoxy) is 1. The van der Waals surface area contributed by atoms with Crippen molar-refractivity contribution in [1.29, 1.82) is 0 Å². The second kappa shape index (κ2) is 5.77. The molecule has 2 aromatic heterocycles. The molecule has 0 saturated carbocycles. The molecule has 0 unspecified atom stereocenters. The molecule has 1 saturated heterocycles. The number of imidazole rings is 1. The average Bonchev–Trinajstić information content (AvgIpc) is 2.93. The van der Waals surface area contributed by atoms with Gasteiger partial charge in [0.15, 0.2) is 9.84 Å². The normalized spacial score (nSPS) is 23.3. The lowest BCUT2D eigenvalue weighted by atomic mass is 10.2. The maximum absolute atomic E-state index is 12.6. The molecule has 0 bridgehead atoms. The van der Waals surface area contributed by atoms with E-state index in [-0.39, 0.29) is 11.5 Å². The van der Waals surface area contributed by atoms with Crippen molar-refractivity contribution >= 4 is 33.0 Å². The molecule has 1 N–H and O–H groups in total. The Bertz CT molecular complexity index is 878. The Morgan fingerprint density at radius 1 is 1.43 bits per heavy atom. The van der Waals surface area contributed by atoms with Crippen LogP contribution in [0.2, 0.25) is 5.02 Å². The third-order valence-corrected chi connectivity index (χ3v) is 5.82. The van der Waals surface area contributed by atoms with E-state index in [4.69, 9.17) is 16.3 Å². The molecule has 7 nitrogen and oxygen atoms in total. The monoisotopic (exact) mass is 357 g/mol. The summed E-state index contributed by atoms with van der Waals surface area (Å²) in [5.41, 5.74) is 1.47. The lowest BCUT2D eigenvalue weighted by Crippen LogP contribution is -2.44. The Labute approximate surface area is 138 Å². The lowest BCUT2D eigenvalue weighted by molar-refractivity contribution is 0.0781. The summed E-state index contributed by atoms with van der Waals surface area (Å²) in [5.74, 6) is -0.623. The largest absolute Gasteiger partial charge is 0.378 e. The highest BCUT2D eigenvalue weighted by Gasteiger charge is 2.39. The number of aryl methyl sites for hydroxylation is 1. The predicted octanol–water partition coefficient (Wildman–Crippen LogP) is 0.838. The van der Waals surface area contributed by atoms with Crippen molar-refractivity contribution in [2.24, 2.45) is 0 Å². The molecule has 1 aliphatic heterocycles. The van der Waals surface area contributed by atoms with E-state index < -0.39 is 27.9 Å². The van der Waals surface area contributed by atoms with Gasteiger partial charge < -0.3 is 10.1 Å². The van der Waals surface area contributed by atoms with Crippen molar-refractivity contribution in [1.82, 2.24) is 14.7 Å². The molecular formula is C14H16ClN3O4S. The average molecular weight is 358 g/mol. The number of amides is 1. The minimum atomic E-state index is -3.21. The summed E-state index contributed by atoms with van der Waals surface area (Å²) in [7, 11) is -1.78. The molecule has 0 aliphatic carbocycles. The quantitative estimate of drug-likeness (QED) is 0.879. The number of hydrogen-bond donors (Lipinski definition) is 1. The van der Waals surface area contributed by atoms with Gasteiger partial charge in [-0.15, -0.1) is 0 Å². The highest BCUT2D eigenvalue weighted by atomic mass is 35.5. The van der Waals surface area contributed by atoms with Gasteiger partial charge in [-0.3, -0.25) is 9.20 Å². The van der Waals surface area contributed by atoms with Gasteiger partial charge >= 0.3 is 0 Å². The first-order valence-corrected chi connectivity index (χ1v) is 9.19. The van der Waals surface area contributed by atoms with Crippen LogP contribution in [0.4, 0.5) is 0 Å². The van der Waals surface area contributed by atoms with Gasteiger partial charge in [0.05, 0.1) is 34.4 Å². The van der Waals surface area contributed by atoms with Gasteiger partial charge in [0.1, 0.15) is 11.3 Å². The summed E-state index contributed by atoms with van der Waals surface area (Å²) < 4.78 is 30.2. The Hall–Kier alpha value is -1.64. The maximum Gasteiger partial charge on any atom is 0.270 e. The van der Waals surface area contributed by atoms with E-state index in [0.717, 1.165) is 0 Å². The van der Waals surface area contributed by atoms with Crippen molar-refractivity contribution in [2.75, 3.05) is 18.6 Å². The number of pyridine rings is 1. The summed E-state index contributed by atoms with van der Waals surface area (Å²) in [5, 5.41) is 3.22. The van der Waals surface area contributed by atoms with Crippen LogP contribution in [0.5, 0.6) is 0 Å². The molecule has 2 aromatic rings. The van der Waals surface area contributed by atoms with Crippen LogP contribution >= 0.6 is 11.6 Å². The second-order valence-corrected chi connectivity index (χ2v) is 8.14. The maximum atomic E-state index is 12.6. The lowest BCUT2D eigenvalue weighted by Gasteiger charge is -2.18. The fourth-order valence-corrected chi connectivity index (χ4v) is 4.84. The van der Waals surface area contributed by atoms with Crippen LogP contribution in [0.3, 0.4) is 0 Å². The molecule has 23 heavy (non-hydrogen) atoms. The first-order valence-electron chi connectivity index (χ1n) is 6.99. The zero-order valence-corrected chi connectivity index (χ0v) is 14.2. The third kappa shape index (κ3) is 3.06. The topological polar surface area (TPSA) is 89.8 Å². The number of carbonyl (C=O) groups is 1. The fourth-order valence-electron chi connectivity index (χ4n) is 2.83. The van der Waals surface area contributed by atoms with E-state index in [1.54, 1.807) is 29.7 Å². The number of nitrogens with one attached hydrogen (secondary N) is 1. The Kier molecular flexibility index (Phi) is 4.07. The van der Waals surface area contributed by atoms with Crippen LogP contribution in [-0.4, -0.2) is 54.5 Å². The minimum absolute atomic E-state index is 0.0909. The van der Waals surface area contributed by atoms with Crippen LogP contribution in [0.15, 0.2) is 18.3 Å². The van der Waals surface area contributed by atoms with Gasteiger partial charge in [-0.1, -0.05) is 11.6 Å². The van der Waals surface area contributed by atoms with Gasteiger partial charge in [0.25, 0.3) is 5.91 Å². The van der Waals surface area contributed by atoms with Gasteiger partial charge in [-0.2, -0.15) is 0 Å². The molecule has 1 aliphatic rings. The van der Waals surface area contributed by atoms with E-state index in [1.807, 2.05) is 0 Å². The van der Waals surface area contributed by atoms with Crippen molar-refractivity contribution in [3.63, 3.8) is 0 Å². The molecule has 0 aromatic carbocycles. The fraction of sp³-hybridized carbons (Fsp3) is 0.429. The second-order valence-electron chi connectivity index (χ2n) is 5.55. The van der Waals surface area contributed by atoms with Crippen LogP contribution in [-0.2, 0) is 14.6 Å². The molecule has 3 rings (SSSR count). The van der Waals surface area contributed by atoms with Crippen molar-refractivity contribution < 1.29 is 17.9 Å². The predicted molar refractivity (Wildman–Crippen MR) is 85.6 cm³/mol. The van der Waals surface area contributed by atoms with Crippen molar-refractivity contribution in [3.05, 3.63) is 34.7 Å². The van der Waals surface area contributed by atoms with Crippen LogP contribution in [0.25, 0.3) is 5.65 Å². The number of fused-ring (bicyclic) bond motifs is 1. The summed E-state index contributed by atoms with van der Waals surface area (Å²) in [4.78, 5) is 16.9. The van der Waals surface area contributed by atoms with E-state index in [9.17, 15) is 13.2 Å². The molecule has 0 spiro atoms. The first-order chi connectivity index (χ1) is 10.8. The molecule has 124 valence electrons. The van der Waals surface area contributed by atoms with E-state index in [2.05, 4.69) is 10.3 Å². The molecule has 1 amide bonds. The summed E-state index contributed by atoms with van der Waals surface area (Å²) in [6.45, 7) is 1.72. The Balaban J connectivity index is 1.92. The number of nitrogens with zero attached hydrogens (tertiary/aromatic N) is 2. The summed E-state index contributed by atoms with van der Waals surface area (Å²) in [6.07, 6.45) is 1.05. The summed E-state index contributed by atoms with van der Waals surface area (Å²) in [6, 6.07) is 2.82. The highest BCUT2D eigenvalue weighted by Crippen LogP contribution is 2.19. The molecule has 2 atom stereocenters. The molecule has 1 fully saturated rings. The number of hydrogen-bond acceptors (Lipinski definition) is 5. The van der Waals surface area contributed by atoms with Crippen molar-refractivity contribution in [3.8, 4) is 0 Å². The Morgan fingerprint density at radius 2 is 2.17 bits per heavy atom. The molecular weight excluding hydrogens is 342 g/mol. The SMILES string of the molecule is CO[C@@H]1CS(=O)(=O)C[C@H]1NC(=O)c1c(C)nc2ccc(Cl)cn12. The third-order valence-electron chi connectivity index (χ3n) is 3.89. The van der Waals surface area contributed by atoms with Crippen molar-refractivity contribution in [2.45, 2.75) is 19.1 Å². The van der Waals surface area contributed by atoms with Gasteiger partial charge in [0.2, 0.25) is 0 Å². The van der Waals surface area contributed by atoms with Gasteiger partial charge in [0, 0.05) is 13.3 Å². The number of carbonyl (C=O) groups excluding carboxylic acids is 1. The zero-order valence-electron chi connectivity index (χ0n) is 12.6.